The number of rotatable bonds is 4. The van der Waals surface area contributed by atoms with Gasteiger partial charge in [0.25, 0.3) is 0 Å². The summed E-state index contributed by atoms with van der Waals surface area (Å²) in [6.45, 7) is 4.22. The van der Waals surface area contributed by atoms with Gasteiger partial charge in [-0.3, -0.25) is 14.7 Å². The summed E-state index contributed by atoms with van der Waals surface area (Å²) in [7, 11) is 0. The van der Waals surface area contributed by atoms with Crippen LogP contribution < -0.4 is 11.5 Å². The maximum Gasteiger partial charge on any atom is 0.224 e. The molecular weight excluding hydrogens is 260 g/mol. The average Bonchev–Trinajstić information content (AvgIpc) is 2.72. The molecular formula is C13H18N4OS. The number of primary amides is 1. The molecule has 1 unspecified atom stereocenters. The largest absolute Gasteiger partial charge is 0.388 e. The van der Waals surface area contributed by atoms with Crippen LogP contribution in [0.1, 0.15) is 24.6 Å². The Bertz CT molecular complexity index is 519. The summed E-state index contributed by atoms with van der Waals surface area (Å²) in [5.41, 5.74) is 12.3. The van der Waals surface area contributed by atoms with Crippen molar-refractivity contribution in [1.29, 1.82) is 0 Å². The lowest BCUT2D eigenvalue weighted by Gasteiger charge is -2.21. The minimum Gasteiger partial charge on any atom is -0.388 e. The molecule has 0 aromatic carbocycles. The Labute approximate surface area is 118 Å². The Morgan fingerprint density at radius 2 is 2.32 bits per heavy atom. The van der Waals surface area contributed by atoms with Gasteiger partial charge in [0.05, 0.1) is 11.1 Å². The fraction of sp³-hybridized carbons (Fsp3) is 0.462. The Morgan fingerprint density at radius 3 is 2.89 bits per heavy atom. The number of nitrogens with zero attached hydrogens (tertiary/aromatic N) is 2. The second-order valence-corrected chi connectivity index (χ2v) is 5.74. The maximum atomic E-state index is 11.4. The Hall–Kier alpha value is -1.53. The fourth-order valence-corrected chi connectivity index (χ4v) is 2.47. The van der Waals surface area contributed by atoms with Gasteiger partial charge in [-0.2, -0.15) is 0 Å². The highest BCUT2D eigenvalue weighted by atomic mass is 32.1. The van der Waals surface area contributed by atoms with Crippen LogP contribution in [0, 0.1) is 5.41 Å². The molecule has 1 amide bonds. The topological polar surface area (TPSA) is 85.2 Å². The van der Waals surface area contributed by atoms with Crippen LogP contribution in [0.25, 0.3) is 0 Å². The van der Waals surface area contributed by atoms with Crippen molar-refractivity contribution in [3.05, 3.63) is 29.6 Å². The smallest absolute Gasteiger partial charge is 0.224 e. The van der Waals surface area contributed by atoms with E-state index >= 15 is 0 Å². The average molecular weight is 278 g/mol. The van der Waals surface area contributed by atoms with E-state index in [-0.39, 0.29) is 5.91 Å². The molecule has 1 fully saturated rings. The first-order valence-corrected chi connectivity index (χ1v) is 6.58. The molecule has 1 aromatic heterocycles. The number of nitrogens with two attached hydrogens (primary N) is 2. The van der Waals surface area contributed by atoms with Crippen molar-refractivity contribution < 1.29 is 4.79 Å². The summed E-state index contributed by atoms with van der Waals surface area (Å²) < 4.78 is 0. The number of aromatic nitrogens is 1. The van der Waals surface area contributed by atoms with Crippen molar-refractivity contribution in [3.8, 4) is 0 Å². The molecule has 2 rings (SSSR count). The van der Waals surface area contributed by atoms with Gasteiger partial charge in [0.15, 0.2) is 0 Å². The molecule has 5 nitrogen and oxygen atoms in total. The van der Waals surface area contributed by atoms with E-state index in [1.165, 1.54) is 0 Å². The third kappa shape index (κ3) is 3.08. The third-order valence-corrected chi connectivity index (χ3v) is 3.84. The van der Waals surface area contributed by atoms with Crippen LogP contribution >= 0.6 is 12.2 Å². The zero-order valence-electron chi connectivity index (χ0n) is 10.9. The normalized spacial score (nSPS) is 23.4. The van der Waals surface area contributed by atoms with Crippen LogP contribution in [0.4, 0.5) is 0 Å². The summed E-state index contributed by atoms with van der Waals surface area (Å²) >= 11 is 4.92. The number of likely N-dealkylation sites (tertiary alicyclic amines) is 1. The molecule has 0 spiro atoms. The summed E-state index contributed by atoms with van der Waals surface area (Å²) in [6, 6.07) is 3.82. The van der Waals surface area contributed by atoms with Gasteiger partial charge in [-0.1, -0.05) is 12.2 Å². The summed E-state index contributed by atoms with van der Waals surface area (Å²) in [6.07, 6.45) is 2.50. The Morgan fingerprint density at radius 1 is 1.58 bits per heavy atom. The molecule has 2 heterocycles. The highest BCUT2D eigenvalue weighted by Gasteiger charge is 2.38. The quantitative estimate of drug-likeness (QED) is 0.779. The van der Waals surface area contributed by atoms with Crippen LogP contribution in [0.2, 0.25) is 0 Å². The van der Waals surface area contributed by atoms with Crippen molar-refractivity contribution in [2.45, 2.75) is 19.9 Å². The van der Waals surface area contributed by atoms with E-state index in [4.69, 9.17) is 23.7 Å². The first kappa shape index (κ1) is 13.9. The molecule has 1 atom stereocenters. The molecule has 4 N–H and O–H groups in total. The van der Waals surface area contributed by atoms with Crippen molar-refractivity contribution in [2.24, 2.45) is 16.9 Å². The van der Waals surface area contributed by atoms with Crippen molar-refractivity contribution >= 4 is 23.1 Å². The SMILES string of the molecule is CC1(C(N)=O)CCN(Cc2ccnc(C(N)=S)c2)C1. The van der Waals surface area contributed by atoms with E-state index in [2.05, 4.69) is 9.88 Å². The summed E-state index contributed by atoms with van der Waals surface area (Å²) in [5, 5.41) is 0. The molecule has 1 aromatic rings. The molecule has 0 radical (unpaired) electrons. The van der Waals surface area contributed by atoms with E-state index in [1.807, 2.05) is 19.1 Å². The number of carbonyl (C=O) groups is 1. The number of pyridine rings is 1. The molecule has 0 aliphatic carbocycles. The minimum absolute atomic E-state index is 0.228. The molecule has 0 saturated carbocycles. The predicted octanol–water partition coefficient (Wildman–Crippen LogP) is 0.413. The maximum absolute atomic E-state index is 11.4. The van der Waals surface area contributed by atoms with Crippen molar-refractivity contribution in [1.82, 2.24) is 9.88 Å². The molecule has 102 valence electrons. The zero-order chi connectivity index (χ0) is 14.0. The van der Waals surface area contributed by atoms with Gasteiger partial charge in [0, 0.05) is 19.3 Å². The third-order valence-electron chi connectivity index (χ3n) is 3.63. The van der Waals surface area contributed by atoms with Crippen LogP contribution in [0.3, 0.4) is 0 Å². The van der Waals surface area contributed by atoms with Crippen molar-refractivity contribution in [2.75, 3.05) is 13.1 Å². The van der Waals surface area contributed by atoms with Crippen molar-refractivity contribution in [3.63, 3.8) is 0 Å². The standard InChI is InChI=1S/C13H18N4OS/c1-13(12(15)18)3-5-17(8-13)7-9-2-4-16-10(6-9)11(14)19/h2,4,6H,3,5,7-8H2,1H3,(H2,14,19)(H2,15,18). The van der Waals surface area contributed by atoms with E-state index in [0.29, 0.717) is 17.2 Å². The lowest BCUT2D eigenvalue weighted by atomic mass is 9.89. The number of thiocarbonyl (C=S) groups is 1. The van der Waals surface area contributed by atoms with Crippen LogP contribution in [-0.4, -0.2) is 33.9 Å². The number of amides is 1. The Kier molecular flexibility index (Phi) is 3.82. The zero-order valence-corrected chi connectivity index (χ0v) is 11.7. The lowest BCUT2D eigenvalue weighted by Crippen LogP contribution is -2.36. The molecule has 0 bridgehead atoms. The van der Waals surface area contributed by atoms with Gasteiger partial charge in [-0.25, -0.2) is 0 Å². The van der Waals surface area contributed by atoms with Gasteiger partial charge in [0.2, 0.25) is 5.91 Å². The Balaban J connectivity index is 2.05. The summed E-state index contributed by atoms with van der Waals surface area (Å²) in [4.78, 5) is 18.0. The van der Waals surface area contributed by atoms with Crippen LogP contribution in [-0.2, 0) is 11.3 Å². The van der Waals surface area contributed by atoms with Crippen LogP contribution in [0.15, 0.2) is 18.3 Å². The highest BCUT2D eigenvalue weighted by molar-refractivity contribution is 7.80. The first-order valence-electron chi connectivity index (χ1n) is 6.18. The van der Waals surface area contributed by atoms with Gasteiger partial charge in [-0.05, 0) is 37.6 Å². The van der Waals surface area contributed by atoms with Crippen LogP contribution in [0.5, 0.6) is 0 Å². The molecule has 6 heteroatoms. The van der Waals surface area contributed by atoms with Gasteiger partial charge < -0.3 is 11.5 Å². The molecule has 1 aliphatic rings. The van der Waals surface area contributed by atoms with E-state index in [1.54, 1.807) is 6.20 Å². The monoisotopic (exact) mass is 278 g/mol. The van der Waals surface area contributed by atoms with Gasteiger partial charge in [-0.15, -0.1) is 0 Å². The molecule has 1 aliphatic heterocycles. The second kappa shape index (κ2) is 5.22. The number of hydrogen-bond acceptors (Lipinski definition) is 4. The van der Waals surface area contributed by atoms with Gasteiger partial charge >= 0.3 is 0 Å². The number of hydrogen-bond donors (Lipinski definition) is 2. The highest BCUT2D eigenvalue weighted by Crippen LogP contribution is 2.30. The van der Waals surface area contributed by atoms with Gasteiger partial charge in [0.1, 0.15) is 4.99 Å². The van der Waals surface area contributed by atoms with E-state index in [9.17, 15) is 4.79 Å². The van der Waals surface area contributed by atoms with E-state index in [0.717, 1.165) is 25.1 Å². The van der Waals surface area contributed by atoms with E-state index < -0.39 is 5.41 Å². The molecule has 1 saturated heterocycles. The second-order valence-electron chi connectivity index (χ2n) is 5.30. The summed E-state index contributed by atoms with van der Waals surface area (Å²) in [5.74, 6) is -0.228. The number of carbonyl (C=O) groups excluding carboxylic acids is 1. The fourth-order valence-electron chi connectivity index (χ4n) is 2.36. The first-order chi connectivity index (χ1) is 8.90. The lowest BCUT2D eigenvalue weighted by molar-refractivity contribution is -0.126. The molecule has 19 heavy (non-hydrogen) atoms. The minimum atomic E-state index is -0.418. The predicted molar refractivity (Wildman–Crippen MR) is 77.3 cm³/mol.